The van der Waals surface area contributed by atoms with Crippen LogP contribution in [0.4, 0.5) is 26.3 Å². The molecule has 2 aromatic heterocycles. The Labute approximate surface area is 188 Å². The molecule has 0 bridgehead atoms. The second-order valence-electron chi connectivity index (χ2n) is 6.53. The van der Waals surface area contributed by atoms with Crippen LogP contribution in [0.15, 0.2) is 35.4 Å². The standard InChI is InChI=1S/C19H18F6N3O3PS/c1-3-30-32(29,31-4-2)16-11(18(20,21)22)9-14(19(23,24)25)28-17(16)33-10-15-26-12-7-5-6-8-13(12)27-15/h5-9H,3-4,10H2,1-2H3,(H,26,27). The van der Waals surface area contributed by atoms with Gasteiger partial charge in [-0.15, -0.1) is 0 Å². The molecule has 2 heterocycles. The van der Waals surface area contributed by atoms with Crippen molar-refractivity contribution in [2.45, 2.75) is 37.0 Å². The van der Waals surface area contributed by atoms with E-state index in [1.54, 1.807) is 24.3 Å². The van der Waals surface area contributed by atoms with Crippen molar-refractivity contribution < 1.29 is 40.0 Å². The van der Waals surface area contributed by atoms with Gasteiger partial charge < -0.3 is 14.0 Å². The molecular weight excluding hydrogens is 495 g/mol. The van der Waals surface area contributed by atoms with Crippen LogP contribution in [0.3, 0.4) is 0 Å². The molecule has 14 heteroatoms. The first-order valence-electron chi connectivity index (χ1n) is 9.54. The normalized spacial score (nSPS) is 13.1. The lowest BCUT2D eigenvalue weighted by molar-refractivity contribution is -0.145. The van der Waals surface area contributed by atoms with Gasteiger partial charge >= 0.3 is 19.9 Å². The highest BCUT2D eigenvalue weighted by Crippen LogP contribution is 2.52. The number of para-hydroxylation sites is 2. The van der Waals surface area contributed by atoms with Gasteiger partial charge in [-0.05, 0) is 32.0 Å². The lowest BCUT2D eigenvalue weighted by atomic mass is 10.2. The summed E-state index contributed by atoms with van der Waals surface area (Å²) in [6, 6.07) is 6.69. The number of halogens is 6. The summed E-state index contributed by atoms with van der Waals surface area (Å²) >= 11 is 0.517. The number of benzene rings is 1. The van der Waals surface area contributed by atoms with Crippen molar-refractivity contribution in [2.75, 3.05) is 13.2 Å². The average molecular weight is 513 g/mol. The van der Waals surface area contributed by atoms with Crippen molar-refractivity contribution in [1.82, 2.24) is 15.0 Å². The number of H-pyrrole nitrogens is 1. The first-order valence-corrected chi connectivity index (χ1v) is 12.1. The van der Waals surface area contributed by atoms with Crippen molar-refractivity contribution >= 4 is 35.7 Å². The number of hydrogen-bond acceptors (Lipinski definition) is 6. The Hall–Kier alpha value is -2.08. The lowest BCUT2D eigenvalue weighted by Gasteiger charge is -2.24. The van der Waals surface area contributed by atoms with Gasteiger partial charge in [0.1, 0.15) is 21.8 Å². The molecule has 3 rings (SSSR count). The molecule has 0 radical (unpaired) electrons. The second kappa shape index (κ2) is 9.65. The largest absolute Gasteiger partial charge is 0.433 e. The predicted molar refractivity (Wildman–Crippen MR) is 110 cm³/mol. The zero-order valence-corrected chi connectivity index (χ0v) is 19.0. The Morgan fingerprint density at radius 1 is 1.00 bits per heavy atom. The quantitative estimate of drug-likeness (QED) is 0.220. The summed E-state index contributed by atoms with van der Waals surface area (Å²) in [4.78, 5) is 10.6. The Morgan fingerprint density at radius 3 is 2.18 bits per heavy atom. The third-order valence-corrected chi connectivity index (χ3v) is 7.55. The van der Waals surface area contributed by atoms with Gasteiger partial charge in [0.15, 0.2) is 0 Å². The van der Waals surface area contributed by atoms with Gasteiger partial charge in [0, 0.05) is 0 Å². The Kier molecular flexibility index (Phi) is 7.47. The number of fused-ring (bicyclic) bond motifs is 1. The van der Waals surface area contributed by atoms with Crippen LogP contribution in [-0.2, 0) is 31.7 Å². The molecule has 0 amide bonds. The number of rotatable bonds is 8. The first kappa shape index (κ1) is 25.5. The smallest absolute Gasteiger partial charge is 0.341 e. The average Bonchev–Trinajstić information content (AvgIpc) is 3.13. The summed E-state index contributed by atoms with van der Waals surface area (Å²) in [5.41, 5.74) is -2.35. The molecule has 180 valence electrons. The van der Waals surface area contributed by atoms with Crippen LogP contribution in [0.2, 0.25) is 0 Å². The number of pyridine rings is 1. The predicted octanol–water partition coefficient (Wildman–Crippen LogP) is 6.18. The number of thioether (sulfide) groups is 1. The first-order chi connectivity index (χ1) is 15.4. The fourth-order valence-electron chi connectivity index (χ4n) is 2.96. The number of aromatic amines is 1. The number of nitrogens with one attached hydrogen (secondary N) is 1. The minimum absolute atomic E-state index is 0.175. The zero-order chi connectivity index (χ0) is 24.4. The maximum absolute atomic E-state index is 13.9. The summed E-state index contributed by atoms with van der Waals surface area (Å²) < 4.78 is 105. The van der Waals surface area contributed by atoms with Gasteiger partial charge in [-0.25, -0.2) is 9.97 Å². The second-order valence-corrected chi connectivity index (χ2v) is 9.45. The molecule has 0 aliphatic rings. The highest BCUT2D eigenvalue weighted by molar-refractivity contribution is 7.99. The monoisotopic (exact) mass is 513 g/mol. The van der Waals surface area contributed by atoms with E-state index in [0.717, 1.165) is 0 Å². The van der Waals surface area contributed by atoms with E-state index < -0.39 is 41.5 Å². The Bertz CT molecular complexity index is 1140. The van der Waals surface area contributed by atoms with E-state index in [1.165, 1.54) is 13.8 Å². The van der Waals surface area contributed by atoms with Gasteiger partial charge in [-0.3, -0.25) is 4.57 Å². The van der Waals surface area contributed by atoms with E-state index in [9.17, 15) is 30.9 Å². The van der Waals surface area contributed by atoms with Crippen LogP contribution in [-0.4, -0.2) is 28.2 Å². The van der Waals surface area contributed by atoms with E-state index in [2.05, 4.69) is 15.0 Å². The number of nitrogens with zero attached hydrogens (tertiary/aromatic N) is 2. The number of hydrogen-bond donors (Lipinski definition) is 1. The molecule has 0 atom stereocenters. The maximum Gasteiger partial charge on any atom is 0.433 e. The number of aromatic nitrogens is 3. The van der Waals surface area contributed by atoms with Crippen molar-refractivity contribution in [3.8, 4) is 0 Å². The van der Waals surface area contributed by atoms with Crippen molar-refractivity contribution in [3.63, 3.8) is 0 Å². The van der Waals surface area contributed by atoms with E-state index in [4.69, 9.17) is 9.05 Å². The zero-order valence-electron chi connectivity index (χ0n) is 17.3. The minimum Gasteiger partial charge on any atom is -0.341 e. The van der Waals surface area contributed by atoms with Crippen molar-refractivity contribution in [1.29, 1.82) is 0 Å². The minimum atomic E-state index is -5.28. The lowest BCUT2D eigenvalue weighted by Crippen LogP contribution is -2.27. The molecule has 0 saturated heterocycles. The van der Waals surface area contributed by atoms with Crippen LogP contribution in [0.25, 0.3) is 11.0 Å². The summed E-state index contributed by atoms with van der Waals surface area (Å²) in [7, 11) is -4.67. The van der Waals surface area contributed by atoms with Crippen LogP contribution >= 0.6 is 19.4 Å². The van der Waals surface area contributed by atoms with Crippen LogP contribution in [0.5, 0.6) is 0 Å². The molecule has 1 N–H and O–H groups in total. The van der Waals surface area contributed by atoms with Crippen molar-refractivity contribution in [2.24, 2.45) is 0 Å². The summed E-state index contributed by atoms with van der Waals surface area (Å²) in [6.07, 6.45) is -10.5. The molecular formula is C19H18F6N3O3PS. The third-order valence-electron chi connectivity index (χ3n) is 4.21. The van der Waals surface area contributed by atoms with Gasteiger partial charge in [-0.1, -0.05) is 23.9 Å². The maximum atomic E-state index is 13.9. The fourth-order valence-corrected chi connectivity index (χ4v) is 6.09. The molecule has 0 saturated carbocycles. The molecule has 3 aromatic rings. The molecule has 0 aliphatic carbocycles. The summed E-state index contributed by atoms with van der Waals surface area (Å²) in [6.45, 7) is 2.14. The SMILES string of the molecule is CCOP(=O)(OCC)c1c(C(F)(F)F)cc(C(F)(F)F)nc1SCc1nc2ccccc2[nH]1. The summed E-state index contributed by atoms with van der Waals surface area (Å²) in [5, 5.41) is -1.81. The topological polar surface area (TPSA) is 77.1 Å². The van der Waals surface area contributed by atoms with Gasteiger partial charge in [-0.2, -0.15) is 26.3 Å². The van der Waals surface area contributed by atoms with Gasteiger partial charge in [0.05, 0.1) is 35.6 Å². The van der Waals surface area contributed by atoms with Crippen LogP contribution < -0.4 is 5.30 Å². The Balaban J connectivity index is 2.18. The molecule has 6 nitrogen and oxygen atoms in total. The van der Waals surface area contributed by atoms with Crippen LogP contribution in [0, 0.1) is 0 Å². The highest BCUT2D eigenvalue weighted by atomic mass is 32.2. The molecule has 0 unspecified atom stereocenters. The molecule has 0 aliphatic heterocycles. The number of alkyl halides is 6. The fraction of sp³-hybridized carbons (Fsp3) is 0.368. The number of imidazole rings is 1. The van der Waals surface area contributed by atoms with E-state index in [0.29, 0.717) is 22.8 Å². The Morgan fingerprint density at radius 2 is 1.64 bits per heavy atom. The molecule has 1 aromatic carbocycles. The van der Waals surface area contributed by atoms with Crippen LogP contribution in [0.1, 0.15) is 30.9 Å². The van der Waals surface area contributed by atoms with Gasteiger partial charge in [0.25, 0.3) is 0 Å². The van der Waals surface area contributed by atoms with E-state index >= 15 is 0 Å². The van der Waals surface area contributed by atoms with E-state index in [-0.39, 0.29) is 30.9 Å². The molecule has 0 fully saturated rings. The highest BCUT2D eigenvalue weighted by Gasteiger charge is 2.46. The van der Waals surface area contributed by atoms with Gasteiger partial charge in [0.2, 0.25) is 0 Å². The molecule has 33 heavy (non-hydrogen) atoms. The van der Waals surface area contributed by atoms with E-state index in [1.807, 2.05) is 0 Å². The third kappa shape index (κ3) is 5.71. The van der Waals surface area contributed by atoms with Crippen molar-refractivity contribution in [3.05, 3.63) is 47.4 Å². The molecule has 0 spiro atoms. The summed E-state index contributed by atoms with van der Waals surface area (Å²) in [5.74, 6) is 0.105.